The van der Waals surface area contributed by atoms with Gasteiger partial charge in [0.1, 0.15) is 0 Å². The SMILES string of the molecule is c1ccc(CCCP(OC2CC2)OC2CC2)cc1. The van der Waals surface area contributed by atoms with Crippen molar-refractivity contribution in [3.8, 4) is 0 Å². The predicted octanol–water partition coefficient (Wildman–Crippen LogP) is 4.29. The Bertz CT molecular complexity index is 346. The topological polar surface area (TPSA) is 18.5 Å². The van der Waals surface area contributed by atoms with Crippen LogP contribution in [0.4, 0.5) is 0 Å². The largest absolute Gasteiger partial charge is 0.331 e. The van der Waals surface area contributed by atoms with Gasteiger partial charge in [0.25, 0.3) is 0 Å². The highest BCUT2D eigenvalue weighted by molar-refractivity contribution is 7.47. The van der Waals surface area contributed by atoms with E-state index in [0.29, 0.717) is 12.2 Å². The molecule has 2 aliphatic rings. The molecule has 0 heterocycles. The van der Waals surface area contributed by atoms with Crippen LogP contribution >= 0.6 is 8.38 Å². The van der Waals surface area contributed by atoms with Crippen molar-refractivity contribution >= 4 is 8.38 Å². The molecule has 2 saturated carbocycles. The van der Waals surface area contributed by atoms with Crippen LogP contribution in [0.3, 0.4) is 0 Å². The zero-order valence-electron chi connectivity index (χ0n) is 10.8. The van der Waals surface area contributed by atoms with Crippen molar-refractivity contribution in [2.75, 3.05) is 6.16 Å². The fraction of sp³-hybridized carbons (Fsp3) is 0.600. The van der Waals surface area contributed by atoms with Gasteiger partial charge in [-0.05, 0) is 44.1 Å². The molecule has 18 heavy (non-hydrogen) atoms. The van der Waals surface area contributed by atoms with E-state index >= 15 is 0 Å². The molecule has 3 rings (SSSR count). The molecular weight excluding hydrogens is 243 g/mol. The summed E-state index contributed by atoms with van der Waals surface area (Å²) in [6.07, 6.45) is 9.42. The normalized spacial score (nSPS) is 19.4. The molecule has 0 bridgehead atoms. The van der Waals surface area contributed by atoms with Crippen LogP contribution in [0, 0.1) is 0 Å². The van der Waals surface area contributed by atoms with Gasteiger partial charge in [-0.25, -0.2) is 0 Å². The van der Waals surface area contributed by atoms with Crippen LogP contribution in [0.25, 0.3) is 0 Å². The molecule has 0 spiro atoms. The first-order chi connectivity index (χ1) is 8.90. The molecule has 3 heteroatoms. The molecule has 1 aromatic rings. The summed E-state index contributed by atoms with van der Waals surface area (Å²) in [4.78, 5) is 0. The number of rotatable bonds is 8. The Kier molecular flexibility index (Phi) is 4.30. The lowest BCUT2D eigenvalue weighted by Crippen LogP contribution is -1.99. The molecule has 0 atom stereocenters. The summed E-state index contributed by atoms with van der Waals surface area (Å²) in [5, 5.41) is 0. The Morgan fingerprint density at radius 2 is 1.56 bits per heavy atom. The minimum Gasteiger partial charge on any atom is -0.331 e. The molecule has 0 saturated heterocycles. The summed E-state index contributed by atoms with van der Waals surface area (Å²) in [6.45, 7) is 0. The highest BCUT2D eigenvalue weighted by atomic mass is 31.2. The van der Waals surface area contributed by atoms with Crippen molar-refractivity contribution in [2.24, 2.45) is 0 Å². The van der Waals surface area contributed by atoms with Gasteiger partial charge in [-0.1, -0.05) is 30.3 Å². The summed E-state index contributed by atoms with van der Waals surface area (Å²) in [5.74, 6) is 0. The average Bonchev–Trinajstić information content (AvgIpc) is 3.26. The van der Waals surface area contributed by atoms with Crippen LogP contribution in [0.15, 0.2) is 30.3 Å². The number of hydrogen-bond acceptors (Lipinski definition) is 2. The Morgan fingerprint density at radius 3 is 2.11 bits per heavy atom. The van der Waals surface area contributed by atoms with Gasteiger partial charge in [0.05, 0.1) is 12.2 Å². The standard InChI is InChI=1S/C15H21O2P/c1-2-5-13(6-3-1)7-4-12-18(16-14-8-9-14)17-15-10-11-15/h1-3,5-6,14-15H,4,7-12H2. The lowest BCUT2D eigenvalue weighted by molar-refractivity contribution is 0.233. The summed E-state index contributed by atoms with van der Waals surface area (Å²) in [7, 11) is -0.611. The molecule has 0 N–H and O–H groups in total. The van der Waals surface area contributed by atoms with E-state index in [-0.39, 0.29) is 0 Å². The third-order valence-corrected chi connectivity index (χ3v) is 4.98. The maximum absolute atomic E-state index is 5.99. The van der Waals surface area contributed by atoms with Gasteiger partial charge in [0.15, 0.2) is 8.38 Å². The first-order valence-electron chi connectivity index (χ1n) is 7.05. The molecule has 2 aliphatic carbocycles. The second kappa shape index (κ2) is 6.14. The van der Waals surface area contributed by atoms with E-state index < -0.39 is 8.38 Å². The highest BCUT2D eigenvalue weighted by Crippen LogP contribution is 2.49. The number of benzene rings is 1. The molecule has 0 radical (unpaired) electrons. The van der Waals surface area contributed by atoms with Crippen molar-refractivity contribution in [2.45, 2.75) is 50.7 Å². The lowest BCUT2D eigenvalue weighted by Gasteiger charge is -2.16. The van der Waals surface area contributed by atoms with Crippen molar-refractivity contribution in [1.29, 1.82) is 0 Å². The summed E-state index contributed by atoms with van der Waals surface area (Å²) in [5.41, 5.74) is 1.42. The van der Waals surface area contributed by atoms with Crippen molar-refractivity contribution in [3.63, 3.8) is 0 Å². The van der Waals surface area contributed by atoms with Crippen molar-refractivity contribution < 1.29 is 9.05 Å². The second-order valence-corrected chi connectivity index (χ2v) is 6.79. The second-order valence-electron chi connectivity index (χ2n) is 5.26. The molecule has 0 amide bonds. The number of aryl methyl sites for hydroxylation is 1. The molecule has 0 unspecified atom stereocenters. The van der Waals surface area contributed by atoms with Crippen LogP contribution in [-0.2, 0) is 15.5 Å². The van der Waals surface area contributed by atoms with E-state index in [0.717, 1.165) is 12.6 Å². The average molecular weight is 264 g/mol. The minimum absolute atomic E-state index is 0.520. The zero-order valence-corrected chi connectivity index (χ0v) is 11.6. The fourth-order valence-electron chi connectivity index (χ4n) is 1.87. The maximum Gasteiger partial charge on any atom is 0.171 e. The van der Waals surface area contributed by atoms with Crippen molar-refractivity contribution in [1.82, 2.24) is 0 Å². The van der Waals surface area contributed by atoms with E-state index in [9.17, 15) is 0 Å². The monoisotopic (exact) mass is 264 g/mol. The first kappa shape index (κ1) is 12.6. The summed E-state index contributed by atoms with van der Waals surface area (Å²) in [6, 6.07) is 10.7. The van der Waals surface area contributed by atoms with Gasteiger partial charge in [0, 0.05) is 6.16 Å². The third-order valence-electron chi connectivity index (χ3n) is 3.23. The van der Waals surface area contributed by atoms with Gasteiger partial charge in [-0.15, -0.1) is 0 Å². The van der Waals surface area contributed by atoms with Crippen molar-refractivity contribution in [3.05, 3.63) is 35.9 Å². The van der Waals surface area contributed by atoms with Crippen LogP contribution in [0.2, 0.25) is 0 Å². The van der Waals surface area contributed by atoms with Crippen LogP contribution in [0.5, 0.6) is 0 Å². The number of hydrogen-bond donors (Lipinski definition) is 0. The molecule has 0 aromatic heterocycles. The lowest BCUT2D eigenvalue weighted by atomic mass is 10.1. The van der Waals surface area contributed by atoms with E-state index in [2.05, 4.69) is 30.3 Å². The predicted molar refractivity (Wildman–Crippen MR) is 74.8 cm³/mol. The highest BCUT2D eigenvalue weighted by Gasteiger charge is 2.31. The molecule has 2 fully saturated rings. The van der Waals surface area contributed by atoms with Crippen LogP contribution in [-0.4, -0.2) is 18.4 Å². The van der Waals surface area contributed by atoms with Gasteiger partial charge < -0.3 is 9.05 Å². The maximum atomic E-state index is 5.99. The van der Waals surface area contributed by atoms with Gasteiger partial charge in [-0.2, -0.15) is 0 Å². The molecule has 98 valence electrons. The van der Waals surface area contributed by atoms with Crippen LogP contribution < -0.4 is 0 Å². The third kappa shape index (κ3) is 4.35. The van der Waals surface area contributed by atoms with Gasteiger partial charge >= 0.3 is 0 Å². The Hall–Kier alpha value is -0.430. The zero-order chi connectivity index (χ0) is 12.2. The Balaban J connectivity index is 1.40. The van der Waals surface area contributed by atoms with Gasteiger partial charge in [0.2, 0.25) is 0 Å². The first-order valence-corrected chi connectivity index (χ1v) is 8.41. The Morgan fingerprint density at radius 1 is 0.944 bits per heavy atom. The molecular formula is C15H21O2P. The molecule has 0 aliphatic heterocycles. The summed E-state index contributed by atoms with van der Waals surface area (Å²) >= 11 is 0. The van der Waals surface area contributed by atoms with E-state index in [1.165, 1.54) is 37.7 Å². The fourth-order valence-corrected chi connectivity index (χ4v) is 3.63. The molecule has 1 aromatic carbocycles. The van der Waals surface area contributed by atoms with Crippen LogP contribution in [0.1, 0.15) is 37.7 Å². The smallest absolute Gasteiger partial charge is 0.171 e. The quantitative estimate of drug-likeness (QED) is 0.652. The molecule has 2 nitrogen and oxygen atoms in total. The minimum atomic E-state index is -0.611. The van der Waals surface area contributed by atoms with E-state index in [1.807, 2.05) is 0 Å². The van der Waals surface area contributed by atoms with E-state index in [4.69, 9.17) is 9.05 Å². The van der Waals surface area contributed by atoms with E-state index in [1.54, 1.807) is 0 Å². The Labute approximate surface area is 111 Å². The van der Waals surface area contributed by atoms with Gasteiger partial charge in [-0.3, -0.25) is 0 Å². The summed E-state index contributed by atoms with van der Waals surface area (Å²) < 4.78 is 12.0.